The Balaban J connectivity index is 1.70. The van der Waals surface area contributed by atoms with E-state index in [1.807, 2.05) is 0 Å². The van der Waals surface area contributed by atoms with Crippen LogP contribution in [0.3, 0.4) is 0 Å². The van der Waals surface area contributed by atoms with E-state index >= 15 is 0 Å². The number of halogens is 2. The number of rotatable bonds is 11. The Bertz CT molecular complexity index is 780. The lowest BCUT2D eigenvalue weighted by atomic mass is 10.2. The van der Waals surface area contributed by atoms with Crippen LogP contribution in [0.5, 0.6) is 17.2 Å². The first kappa shape index (κ1) is 21.5. The van der Waals surface area contributed by atoms with Crippen molar-refractivity contribution in [3.63, 3.8) is 0 Å². The Hall–Kier alpha value is -2.83. The van der Waals surface area contributed by atoms with E-state index < -0.39 is 11.6 Å². The standard InChI is InChI=1S/C21H26F2N2O3/c1-14(2)28-20-13-18(23)17(22)12-19(20)27-11-5-3-4-10-26-16-8-6-15(7-9-16)21(24)25/h6-9,12-14H,3-5,10-11H2,1-2H3,(H3,24,25). The average molecular weight is 392 g/mol. The van der Waals surface area contributed by atoms with Crippen LogP contribution in [-0.2, 0) is 0 Å². The number of nitrogens with one attached hydrogen (secondary N) is 1. The van der Waals surface area contributed by atoms with Gasteiger partial charge in [-0.2, -0.15) is 0 Å². The molecule has 0 aliphatic carbocycles. The van der Waals surface area contributed by atoms with E-state index in [1.54, 1.807) is 38.1 Å². The molecular formula is C21H26F2N2O3. The van der Waals surface area contributed by atoms with Gasteiger partial charge in [0.15, 0.2) is 23.1 Å². The van der Waals surface area contributed by atoms with Crippen LogP contribution in [0.15, 0.2) is 36.4 Å². The number of hydrogen-bond donors (Lipinski definition) is 2. The molecule has 0 fully saturated rings. The number of hydrogen-bond acceptors (Lipinski definition) is 4. The Kier molecular flexibility index (Phi) is 8.04. The van der Waals surface area contributed by atoms with E-state index in [-0.39, 0.29) is 23.4 Å². The van der Waals surface area contributed by atoms with Gasteiger partial charge in [0.2, 0.25) is 0 Å². The number of nitrogen functional groups attached to an aromatic ring is 1. The van der Waals surface area contributed by atoms with E-state index in [1.165, 1.54) is 0 Å². The maximum Gasteiger partial charge on any atom is 0.164 e. The van der Waals surface area contributed by atoms with Crippen molar-refractivity contribution in [2.75, 3.05) is 13.2 Å². The van der Waals surface area contributed by atoms with Crippen LogP contribution < -0.4 is 19.9 Å². The third-order valence-electron chi connectivity index (χ3n) is 3.83. The molecule has 152 valence electrons. The first-order chi connectivity index (χ1) is 13.4. The summed E-state index contributed by atoms with van der Waals surface area (Å²) in [7, 11) is 0. The second kappa shape index (κ2) is 10.5. The molecule has 0 radical (unpaired) electrons. The monoisotopic (exact) mass is 392 g/mol. The lowest BCUT2D eigenvalue weighted by Gasteiger charge is -2.15. The Morgan fingerprint density at radius 3 is 2.07 bits per heavy atom. The van der Waals surface area contributed by atoms with Crippen molar-refractivity contribution in [1.82, 2.24) is 0 Å². The minimum Gasteiger partial charge on any atom is -0.494 e. The van der Waals surface area contributed by atoms with Gasteiger partial charge in [0, 0.05) is 17.7 Å². The van der Waals surface area contributed by atoms with Gasteiger partial charge in [0.05, 0.1) is 19.3 Å². The van der Waals surface area contributed by atoms with Crippen molar-refractivity contribution in [3.8, 4) is 17.2 Å². The zero-order valence-corrected chi connectivity index (χ0v) is 16.1. The molecule has 2 rings (SSSR count). The highest BCUT2D eigenvalue weighted by Crippen LogP contribution is 2.31. The number of benzene rings is 2. The van der Waals surface area contributed by atoms with Crippen LogP contribution in [0, 0.1) is 17.0 Å². The zero-order chi connectivity index (χ0) is 20.5. The second-order valence-corrected chi connectivity index (χ2v) is 6.58. The van der Waals surface area contributed by atoms with Gasteiger partial charge in [-0.25, -0.2) is 8.78 Å². The summed E-state index contributed by atoms with van der Waals surface area (Å²) in [5, 5.41) is 7.35. The van der Waals surface area contributed by atoms with Crippen molar-refractivity contribution >= 4 is 5.84 Å². The molecule has 3 N–H and O–H groups in total. The summed E-state index contributed by atoms with van der Waals surface area (Å²) < 4.78 is 43.5. The van der Waals surface area contributed by atoms with Gasteiger partial charge < -0.3 is 19.9 Å². The molecule has 0 aliphatic rings. The molecule has 5 nitrogen and oxygen atoms in total. The SMILES string of the molecule is CC(C)Oc1cc(F)c(F)cc1OCCCCCOc1ccc(C(=N)N)cc1. The summed E-state index contributed by atoms with van der Waals surface area (Å²) >= 11 is 0. The highest BCUT2D eigenvalue weighted by atomic mass is 19.2. The van der Waals surface area contributed by atoms with E-state index in [2.05, 4.69) is 0 Å². The number of amidine groups is 1. The zero-order valence-electron chi connectivity index (χ0n) is 16.1. The number of nitrogens with two attached hydrogens (primary N) is 1. The predicted molar refractivity (Wildman–Crippen MR) is 104 cm³/mol. The normalized spacial score (nSPS) is 10.8. The Labute approximate surface area is 163 Å². The molecule has 0 spiro atoms. The smallest absolute Gasteiger partial charge is 0.164 e. The highest BCUT2D eigenvalue weighted by Gasteiger charge is 2.13. The quantitative estimate of drug-likeness (QED) is 0.331. The first-order valence-electron chi connectivity index (χ1n) is 9.22. The topological polar surface area (TPSA) is 77.6 Å². The lowest BCUT2D eigenvalue weighted by molar-refractivity contribution is 0.216. The minimum atomic E-state index is -0.963. The molecule has 28 heavy (non-hydrogen) atoms. The van der Waals surface area contributed by atoms with E-state index in [0.29, 0.717) is 18.8 Å². The van der Waals surface area contributed by atoms with Crippen molar-refractivity contribution in [3.05, 3.63) is 53.6 Å². The molecule has 0 saturated carbocycles. The number of unbranched alkanes of at least 4 members (excludes halogenated alkanes) is 2. The van der Waals surface area contributed by atoms with Crippen LogP contribution in [0.2, 0.25) is 0 Å². The molecule has 2 aromatic carbocycles. The van der Waals surface area contributed by atoms with Crippen molar-refractivity contribution in [1.29, 1.82) is 5.41 Å². The lowest BCUT2D eigenvalue weighted by Crippen LogP contribution is -2.10. The summed E-state index contributed by atoms with van der Waals surface area (Å²) in [6.45, 7) is 4.52. The fraction of sp³-hybridized carbons (Fsp3) is 0.381. The number of ether oxygens (including phenoxy) is 3. The molecule has 0 unspecified atom stereocenters. The minimum absolute atomic E-state index is 0.0227. The van der Waals surface area contributed by atoms with Crippen LogP contribution >= 0.6 is 0 Å². The Morgan fingerprint density at radius 1 is 0.929 bits per heavy atom. The Morgan fingerprint density at radius 2 is 1.50 bits per heavy atom. The fourth-order valence-electron chi connectivity index (χ4n) is 2.45. The third kappa shape index (κ3) is 6.72. The van der Waals surface area contributed by atoms with Gasteiger partial charge in [0.25, 0.3) is 0 Å². The van der Waals surface area contributed by atoms with Gasteiger partial charge in [-0.1, -0.05) is 0 Å². The van der Waals surface area contributed by atoms with Gasteiger partial charge in [0.1, 0.15) is 11.6 Å². The van der Waals surface area contributed by atoms with Crippen molar-refractivity contribution in [2.24, 2.45) is 5.73 Å². The molecule has 0 atom stereocenters. The van der Waals surface area contributed by atoms with E-state index in [0.717, 1.165) is 37.1 Å². The van der Waals surface area contributed by atoms with Crippen LogP contribution in [0.25, 0.3) is 0 Å². The summed E-state index contributed by atoms with van der Waals surface area (Å²) in [5.41, 5.74) is 6.06. The van der Waals surface area contributed by atoms with Crippen LogP contribution in [0.1, 0.15) is 38.7 Å². The van der Waals surface area contributed by atoms with Gasteiger partial charge in [-0.3, -0.25) is 5.41 Å². The second-order valence-electron chi connectivity index (χ2n) is 6.58. The third-order valence-corrected chi connectivity index (χ3v) is 3.83. The summed E-state index contributed by atoms with van der Waals surface area (Å²) in [5.74, 6) is -0.777. The molecule has 0 aromatic heterocycles. The molecule has 0 saturated heterocycles. The summed E-state index contributed by atoms with van der Waals surface area (Å²) in [6, 6.07) is 9.06. The summed E-state index contributed by atoms with van der Waals surface area (Å²) in [6.07, 6.45) is 2.25. The molecule has 0 bridgehead atoms. The van der Waals surface area contributed by atoms with Crippen molar-refractivity contribution < 1.29 is 23.0 Å². The van der Waals surface area contributed by atoms with Crippen LogP contribution in [0.4, 0.5) is 8.78 Å². The molecule has 2 aromatic rings. The molecule has 0 aliphatic heterocycles. The highest BCUT2D eigenvalue weighted by molar-refractivity contribution is 5.94. The molecule has 0 amide bonds. The fourth-order valence-corrected chi connectivity index (χ4v) is 2.45. The van der Waals surface area contributed by atoms with Gasteiger partial charge >= 0.3 is 0 Å². The maximum atomic E-state index is 13.5. The maximum absolute atomic E-state index is 13.5. The average Bonchev–Trinajstić information content (AvgIpc) is 2.64. The van der Waals surface area contributed by atoms with E-state index in [9.17, 15) is 8.78 Å². The van der Waals surface area contributed by atoms with Crippen molar-refractivity contribution in [2.45, 2.75) is 39.2 Å². The predicted octanol–water partition coefficient (Wildman–Crippen LogP) is 4.66. The largest absolute Gasteiger partial charge is 0.494 e. The van der Waals surface area contributed by atoms with Gasteiger partial charge in [-0.15, -0.1) is 0 Å². The van der Waals surface area contributed by atoms with Crippen LogP contribution in [-0.4, -0.2) is 25.2 Å². The van der Waals surface area contributed by atoms with Gasteiger partial charge in [-0.05, 0) is 57.4 Å². The molecule has 0 heterocycles. The molecule has 7 heteroatoms. The van der Waals surface area contributed by atoms with E-state index in [4.69, 9.17) is 25.4 Å². The molecular weight excluding hydrogens is 366 g/mol. The summed E-state index contributed by atoms with van der Waals surface area (Å²) in [4.78, 5) is 0. The first-order valence-corrected chi connectivity index (χ1v) is 9.22.